The third kappa shape index (κ3) is 6.34. The van der Waals surface area contributed by atoms with Gasteiger partial charge in [-0.25, -0.2) is 0 Å². The van der Waals surface area contributed by atoms with E-state index in [0.717, 1.165) is 57.4 Å². The Labute approximate surface area is 180 Å². The summed E-state index contributed by atoms with van der Waals surface area (Å²) in [5.74, 6) is 0.0447. The summed E-state index contributed by atoms with van der Waals surface area (Å²) in [7, 11) is 3.99. The van der Waals surface area contributed by atoms with Gasteiger partial charge in [0.2, 0.25) is 5.91 Å². The molecule has 1 unspecified atom stereocenters. The van der Waals surface area contributed by atoms with Crippen LogP contribution in [0, 0.1) is 0 Å². The fourth-order valence-electron chi connectivity index (χ4n) is 3.83. The molecule has 2 heterocycles. The minimum atomic E-state index is -0.112. The summed E-state index contributed by atoms with van der Waals surface area (Å²) in [6, 6.07) is 7.38. The van der Waals surface area contributed by atoms with Crippen LogP contribution in [0.4, 0.5) is 5.69 Å². The number of likely N-dealkylation sites (tertiary alicyclic amines) is 1. The number of carbonyl (C=O) groups is 2. The quantitative estimate of drug-likeness (QED) is 0.770. The minimum Gasteiger partial charge on any atom is -0.337 e. The lowest BCUT2D eigenvalue weighted by atomic mass is 10.0. The number of rotatable bonds is 4. The molecule has 8 heteroatoms. The second-order valence-corrected chi connectivity index (χ2v) is 7.54. The van der Waals surface area contributed by atoms with Crippen LogP contribution in [-0.2, 0) is 4.79 Å². The second-order valence-electron chi connectivity index (χ2n) is 7.54. The Hall–Kier alpha value is -1.34. The first-order valence-electron chi connectivity index (χ1n) is 9.64. The summed E-state index contributed by atoms with van der Waals surface area (Å²) >= 11 is 0. The normalized spacial score (nSPS) is 22.4. The van der Waals surface area contributed by atoms with Gasteiger partial charge in [-0.3, -0.25) is 9.59 Å². The average molecular weight is 431 g/mol. The summed E-state index contributed by atoms with van der Waals surface area (Å²) < 4.78 is 0. The van der Waals surface area contributed by atoms with Crippen molar-refractivity contribution in [2.75, 3.05) is 39.0 Å². The summed E-state index contributed by atoms with van der Waals surface area (Å²) in [6.07, 6.45) is 5.27. The maximum absolute atomic E-state index is 12.7. The number of hydrogen-bond donors (Lipinski definition) is 2. The SMILES string of the molecule is CN1CCCC(N(C)C(=O)c2ccc(NC(=O)[C@H]3CCCCN3)cc2)C1.Cl.Cl. The van der Waals surface area contributed by atoms with Crippen LogP contribution in [0.25, 0.3) is 0 Å². The van der Waals surface area contributed by atoms with Gasteiger partial charge in [-0.2, -0.15) is 0 Å². The molecule has 1 aromatic carbocycles. The Balaban J connectivity index is 0.00000196. The number of piperidine rings is 2. The molecule has 28 heavy (non-hydrogen) atoms. The van der Waals surface area contributed by atoms with E-state index in [4.69, 9.17) is 0 Å². The highest BCUT2D eigenvalue weighted by atomic mass is 35.5. The van der Waals surface area contributed by atoms with Gasteiger partial charge in [-0.15, -0.1) is 24.8 Å². The highest BCUT2D eigenvalue weighted by Crippen LogP contribution is 2.18. The molecular weight excluding hydrogens is 399 g/mol. The topological polar surface area (TPSA) is 64.7 Å². The summed E-state index contributed by atoms with van der Waals surface area (Å²) in [6.45, 7) is 2.92. The molecule has 158 valence electrons. The Kier molecular flexibility index (Phi) is 10.2. The molecular formula is C20H32Cl2N4O2. The van der Waals surface area contributed by atoms with E-state index in [1.54, 1.807) is 12.1 Å². The lowest BCUT2D eigenvalue weighted by Gasteiger charge is -2.35. The largest absolute Gasteiger partial charge is 0.337 e. The van der Waals surface area contributed by atoms with Gasteiger partial charge in [0.1, 0.15) is 0 Å². The van der Waals surface area contributed by atoms with Crippen LogP contribution in [0.15, 0.2) is 24.3 Å². The Bertz CT molecular complexity index is 636. The number of benzene rings is 1. The summed E-state index contributed by atoms with van der Waals surface area (Å²) in [5.41, 5.74) is 1.40. The van der Waals surface area contributed by atoms with Crippen molar-refractivity contribution in [3.63, 3.8) is 0 Å². The molecule has 3 rings (SSSR count). The Morgan fingerprint density at radius 2 is 1.82 bits per heavy atom. The van der Waals surface area contributed by atoms with Crippen molar-refractivity contribution in [2.24, 2.45) is 0 Å². The van der Waals surface area contributed by atoms with E-state index < -0.39 is 0 Å². The van der Waals surface area contributed by atoms with Crippen LogP contribution in [0.3, 0.4) is 0 Å². The number of nitrogens with zero attached hydrogens (tertiary/aromatic N) is 2. The Morgan fingerprint density at radius 1 is 1.11 bits per heavy atom. The molecule has 0 spiro atoms. The van der Waals surface area contributed by atoms with Crippen molar-refractivity contribution in [3.8, 4) is 0 Å². The van der Waals surface area contributed by atoms with Gasteiger partial charge in [0, 0.05) is 30.9 Å². The second kappa shape index (κ2) is 11.6. The molecule has 2 aliphatic rings. The monoisotopic (exact) mass is 430 g/mol. The van der Waals surface area contributed by atoms with Gasteiger partial charge in [-0.1, -0.05) is 6.42 Å². The predicted molar refractivity (Wildman–Crippen MR) is 118 cm³/mol. The molecule has 0 aliphatic carbocycles. The fraction of sp³-hybridized carbons (Fsp3) is 0.600. The first-order valence-corrected chi connectivity index (χ1v) is 9.64. The van der Waals surface area contributed by atoms with Crippen molar-refractivity contribution in [3.05, 3.63) is 29.8 Å². The van der Waals surface area contributed by atoms with Crippen LogP contribution in [0.2, 0.25) is 0 Å². The first kappa shape index (κ1) is 24.7. The lowest BCUT2D eigenvalue weighted by Crippen LogP contribution is -2.47. The van der Waals surface area contributed by atoms with Gasteiger partial charge < -0.3 is 20.4 Å². The molecule has 2 saturated heterocycles. The van der Waals surface area contributed by atoms with Gasteiger partial charge in [0.15, 0.2) is 0 Å². The molecule has 2 N–H and O–H groups in total. The van der Waals surface area contributed by atoms with Crippen LogP contribution in [-0.4, -0.2) is 67.4 Å². The minimum absolute atomic E-state index is 0. The highest BCUT2D eigenvalue weighted by Gasteiger charge is 2.25. The maximum Gasteiger partial charge on any atom is 0.253 e. The standard InChI is InChI=1S/C20H30N4O2.2ClH/c1-23-13-5-6-17(14-23)24(2)20(26)15-8-10-16(11-9-15)22-19(25)18-7-3-4-12-21-18;;/h8-11,17-18,21H,3-7,12-14H2,1-2H3,(H,22,25);2*1H/t17?,18-;;/m1../s1. The maximum atomic E-state index is 12.7. The molecule has 2 atom stereocenters. The lowest BCUT2D eigenvalue weighted by molar-refractivity contribution is -0.118. The van der Waals surface area contributed by atoms with Gasteiger partial charge in [0.05, 0.1) is 6.04 Å². The summed E-state index contributed by atoms with van der Waals surface area (Å²) in [5, 5.41) is 6.19. The van der Waals surface area contributed by atoms with Crippen molar-refractivity contribution in [1.29, 1.82) is 0 Å². The molecule has 2 fully saturated rings. The molecule has 2 aliphatic heterocycles. The zero-order valence-electron chi connectivity index (χ0n) is 16.6. The molecule has 2 amide bonds. The molecule has 0 bridgehead atoms. The van der Waals surface area contributed by atoms with E-state index in [2.05, 4.69) is 22.6 Å². The van der Waals surface area contributed by atoms with Crippen molar-refractivity contribution >= 4 is 42.3 Å². The van der Waals surface area contributed by atoms with E-state index in [1.165, 1.54) is 0 Å². The molecule has 6 nitrogen and oxygen atoms in total. The van der Waals surface area contributed by atoms with Crippen LogP contribution in [0.1, 0.15) is 42.5 Å². The zero-order valence-corrected chi connectivity index (χ0v) is 18.3. The average Bonchev–Trinajstić information content (AvgIpc) is 2.68. The third-order valence-corrected chi connectivity index (χ3v) is 5.49. The zero-order chi connectivity index (χ0) is 18.5. The van der Waals surface area contributed by atoms with Crippen LogP contribution >= 0.6 is 24.8 Å². The number of nitrogens with one attached hydrogen (secondary N) is 2. The molecule has 1 aromatic rings. The molecule has 0 radical (unpaired) electrons. The number of anilines is 1. The number of halogens is 2. The van der Waals surface area contributed by atoms with Gasteiger partial charge in [0.25, 0.3) is 5.91 Å². The van der Waals surface area contributed by atoms with Crippen molar-refractivity contribution in [1.82, 2.24) is 15.1 Å². The number of hydrogen-bond acceptors (Lipinski definition) is 4. The smallest absolute Gasteiger partial charge is 0.253 e. The molecule has 0 aromatic heterocycles. The van der Waals surface area contributed by atoms with Crippen LogP contribution < -0.4 is 10.6 Å². The van der Waals surface area contributed by atoms with Gasteiger partial charge in [-0.05, 0) is 70.1 Å². The Morgan fingerprint density at radius 3 is 2.43 bits per heavy atom. The third-order valence-electron chi connectivity index (χ3n) is 5.49. The van der Waals surface area contributed by atoms with E-state index in [9.17, 15) is 9.59 Å². The van der Waals surface area contributed by atoms with E-state index >= 15 is 0 Å². The number of amides is 2. The first-order chi connectivity index (χ1) is 12.5. The van der Waals surface area contributed by atoms with Gasteiger partial charge >= 0.3 is 0 Å². The van der Waals surface area contributed by atoms with Crippen molar-refractivity contribution in [2.45, 2.75) is 44.2 Å². The summed E-state index contributed by atoms with van der Waals surface area (Å²) in [4.78, 5) is 29.1. The fourth-order valence-corrected chi connectivity index (χ4v) is 3.83. The van der Waals surface area contributed by atoms with Crippen molar-refractivity contribution < 1.29 is 9.59 Å². The number of carbonyl (C=O) groups excluding carboxylic acids is 2. The van der Waals surface area contributed by atoms with E-state index in [-0.39, 0.29) is 48.7 Å². The van der Waals surface area contributed by atoms with E-state index in [1.807, 2.05) is 24.1 Å². The highest BCUT2D eigenvalue weighted by molar-refractivity contribution is 5.97. The predicted octanol–water partition coefficient (Wildman–Crippen LogP) is 2.78. The number of likely N-dealkylation sites (N-methyl/N-ethyl adjacent to an activating group) is 2. The molecule has 0 saturated carbocycles. The van der Waals surface area contributed by atoms with E-state index in [0.29, 0.717) is 5.56 Å². The van der Waals surface area contributed by atoms with Crippen LogP contribution in [0.5, 0.6) is 0 Å².